The van der Waals surface area contributed by atoms with Crippen molar-refractivity contribution < 1.29 is 9.90 Å². The lowest BCUT2D eigenvalue weighted by Gasteiger charge is -2.27. The maximum atomic E-state index is 11.2. The summed E-state index contributed by atoms with van der Waals surface area (Å²) in [6, 6.07) is 43.6. The molecule has 0 unspecified atom stereocenters. The molecule has 0 spiro atoms. The Morgan fingerprint density at radius 2 is 1.35 bits per heavy atom. The van der Waals surface area contributed by atoms with Crippen LogP contribution in [0.1, 0.15) is 4.88 Å². The Morgan fingerprint density at radius 3 is 2.12 bits per heavy atom. The Morgan fingerprint density at radius 1 is 0.700 bits per heavy atom. The Balaban J connectivity index is 1.32. The quantitative estimate of drug-likeness (QED) is 0.158. The highest BCUT2D eigenvalue weighted by Gasteiger charge is 2.16. The van der Waals surface area contributed by atoms with E-state index in [1.165, 1.54) is 28.2 Å². The Labute approximate surface area is 240 Å². The molecule has 0 saturated carbocycles. The van der Waals surface area contributed by atoms with Gasteiger partial charge in [0.25, 0.3) is 0 Å². The minimum atomic E-state index is -1.22. The van der Waals surface area contributed by atoms with E-state index in [9.17, 15) is 4.79 Å². The van der Waals surface area contributed by atoms with Crippen molar-refractivity contribution in [3.05, 3.63) is 132 Å². The number of aliphatic carboxylic acids is 1. The summed E-state index contributed by atoms with van der Waals surface area (Å²) >= 11 is 3.16. The molecule has 0 radical (unpaired) electrons. The number of carbonyl (C=O) groups is 1. The van der Waals surface area contributed by atoms with E-state index in [-0.39, 0.29) is 5.57 Å². The highest BCUT2D eigenvalue weighted by Crippen LogP contribution is 2.41. The van der Waals surface area contributed by atoms with Gasteiger partial charge in [0.15, 0.2) is 0 Å². The van der Waals surface area contributed by atoms with Gasteiger partial charge in [-0.1, -0.05) is 66.7 Å². The van der Waals surface area contributed by atoms with Crippen LogP contribution in [0.3, 0.4) is 0 Å². The van der Waals surface area contributed by atoms with Gasteiger partial charge >= 0.3 is 5.97 Å². The van der Waals surface area contributed by atoms with Crippen molar-refractivity contribution in [1.82, 2.24) is 0 Å². The molecule has 2 aromatic heterocycles. The van der Waals surface area contributed by atoms with E-state index in [0.29, 0.717) is 0 Å². The van der Waals surface area contributed by atoms with E-state index in [0.717, 1.165) is 42.1 Å². The second kappa shape index (κ2) is 11.0. The molecule has 192 valence electrons. The highest BCUT2D eigenvalue weighted by atomic mass is 32.1. The van der Waals surface area contributed by atoms with Crippen LogP contribution in [-0.4, -0.2) is 11.1 Å². The van der Waals surface area contributed by atoms with E-state index >= 15 is 0 Å². The van der Waals surface area contributed by atoms with Gasteiger partial charge in [0.2, 0.25) is 0 Å². The van der Waals surface area contributed by atoms with Gasteiger partial charge in [-0.2, -0.15) is 5.26 Å². The molecule has 0 aliphatic carbocycles. The molecule has 6 rings (SSSR count). The van der Waals surface area contributed by atoms with Crippen LogP contribution in [0.15, 0.2) is 127 Å². The Kier molecular flexibility index (Phi) is 6.98. The van der Waals surface area contributed by atoms with Crippen LogP contribution < -0.4 is 4.90 Å². The maximum Gasteiger partial charge on any atom is 0.346 e. The zero-order valence-corrected chi connectivity index (χ0v) is 22.8. The van der Waals surface area contributed by atoms with Crippen molar-refractivity contribution in [3.63, 3.8) is 0 Å². The van der Waals surface area contributed by atoms with Crippen molar-refractivity contribution >= 4 is 62.6 Å². The zero-order valence-electron chi connectivity index (χ0n) is 21.2. The number of hydrogen-bond acceptors (Lipinski definition) is 5. The van der Waals surface area contributed by atoms with Crippen molar-refractivity contribution in [2.24, 2.45) is 0 Å². The zero-order chi connectivity index (χ0) is 27.5. The third-order valence-electron chi connectivity index (χ3n) is 6.55. The molecule has 6 heteroatoms. The molecule has 0 bridgehead atoms. The number of benzene rings is 4. The van der Waals surface area contributed by atoms with Crippen LogP contribution in [0.5, 0.6) is 0 Å². The number of carboxylic acids is 1. The van der Waals surface area contributed by atoms with E-state index in [2.05, 4.69) is 108 Å². The second-order valence-corrected chi connectivity index (χ2v) is 11.3. The lowest BCUT2D eigenvalue weighted by Crippen LogP contribution is -2.10. The Hall–Kier alpha value is -4.96. The standard InChI is InChI=1S/C34H22N2O2S2/c35-22-25(34(37)38)21-28-17-18-32(39-28)33-20-19-31(40-33)24-13-15-27(16-14-24)36(26-9-2-1-3-10-26)30-12-6-8-23-7-4-5-11-29(23)30/h1-21H,(H,37,38)/b25-21+. The van der Waals surface area contributed by atoms with Crippen molar-refractivity contribution in [2.75, 3.05) is 4.90 Å². The number of para-hydroxylation sites is 1. The first-order valence-electron chi connectivity index (χ1n) is 12.6. The summed E-state index contributed by atoms with van der Waals surface area (Å²) in [5.41, 5.74) is 4.15. The molecule has 4 nitrogen and oxygen atoms in total. The number of thiophene rings is 2. The molecule has 0 aliphatic heterocycles. The first-order chi connectivity index (χ1) is 19.6. The molecular formula is C34H22N2O2S2. The first-order valence-corrected chi connectivity index (χ1v) is 14.2. The van der Waals surface area contributed by atoms with Crippen LogP contribution in [0.4, 0.5) is 17.1 Å². The maximum absolute atomic E-state index is 11.2. The van der Waals surface area contributed by atoms with Gasteiger partial charge in [-0.15, -0.1) is 22.7 Å². The highest BCUT2D eigenvalue weighted by molar-refractivity contribution is 7.24. The molecule has 0 amide bonds. The third kappa shape index (κ3) is 5.04. The first kappa shape index (κ1) is 25.3. The fourth-order valence-electron chi connectivity index (χ4n) is 4.65. The summed E-state index contributed by atoms with van der Waals surface area (Å²) in [5.74, 6) is -1.22. The predicted octanol–water partition coefficient (Wildman–Crippen LogP) is 9.76. The molecule has 0 saturated heterocycles. The fraction of sp³-hybridized carbons (Fsp3) is 0. The van der Waals surface area contributed by atoms with E-state index in [4.69, 9.17) is 10.4 Å². The van der Waals surface area contributed by atoms with Crippen LogP contribution in [0.2, 0.25) is 0 Å². The minimum Gasteiger partial charge on any atom is -0.477 e. The monoisotopic (exact) mass is 554 g/mol. The number of hydrogen-bond donors (Lipinski definition) is 1. The van der Waals surface area contributed by atoms with Crippen molar-refractivity contribution in [3.8, 4) is 26.3 Å². The second-order valence-electron chi connectivity index (χ2n) is 9.06. The number of nitriles is 1. The SMILES string of the molecule is N#C/C(=C\c1ccc(-c2ccc(-c3ccc(N(c4ccccc4)c4cccc5ccccc45)cc3)s2)s1)C(=O)O. The van der Waals surface area contributed by atoms with Crippen LogP contribution >= 0.6 is 22.7 Å². The van der Waals surface area contributed by atoms with Gasteiger partial charge < -0.3 is 10.0 Å². The van der Waals surface area contributed by atoms with Gasteiger partial charge in [0.1, 0.15) is 11.6 Å². The lowest BCUT2D eigenvalue weighted by atomic mass is 10.1. The smallest absolute Gasteiger partial charge is 0.346 e. The van der Waals surface area contributed by atoms with Gasteiger partial charge in [-0.25, -0.2) is 4.79 Å². The lowest BCUT2D eigenvalue weighted by molar-refractivity contribution is -0.132. The molecule has 6 aromatic rings. The van der Waals surface area contributed by atoms with Crippen LogP contribution in [-0.2, 0) is 4.79 Å². The molecule has 2 heterocycles. The molecule has 0 atom stereocenters. The molecule has 1 N–H and O–H groups in total. The summed E-state index contributed by atoms with van der Waals surface area (Å²) in [7, 11) is 0. The molecular weight excluding hydrogens is 533 g/mol. The number of rotatable bonds is 7. The molecule has 40 heavy (non-hydrogen) atoms. The summed E-state index contributed by atoms with van der Waals surface area (Å²) in [6.07, 6.45) is 1.41. The summed E-state index contributed by atoms with van der Waals surface area (Å²) < 4.78 is 0. The van der Waals surface area contributed by atoms with Crippen LogP contribution in [0, 0.1) is 11.3 Å². The van der Waals surface area contributed by atoms with Crippen LogP contribution in [0.25, 0.3) is 37.0 Å². The van der Waals surface area contributed by atoms with Gasteiger partial charge in [-0.3, -0.25) is 0 Å². The molecule has 0 fully saturated rings. The molecule has 0 aliphatic rings. The number of anilines is 3. The summed E-state index contributed by atoms with van der Waals surface area (Å²) in [6.45, 7) is 0. The van der Waals surface area contributed by atoms with Gasteiger partial charge in [0, 0.05) is 36.3 Å². The normalized spacial score (nSPS) is 11.3. The number of carboxylic acid groups (broad SMARTS) is 1. The van der Waals surface area contributed by atoms with Gasteiger partial charge in [-0.05, 0) is 71.6 Å². The number of nitrogens with zero attached hydrogens (tertiary/aromatic N) is 2. The van der Waals surface area contributed by atoms with E-state index in [1.807, 2.05) is 18.2 Å². The molecule has 4 aromatic carbocycles. The minimum absolute atomic E-state index is 0.270. The van der Waals surface area contributed by atoms with E-state index < -0.39 is 5.97 Å². The summed E-state index contributed by atoms with van der Waals surface area (Å²) in [5, 5.41) is 20.6. The average Bonchev–Trinajstić information content (AvgIpc) is 3.67. The van der Waals surface area contributed by atoms with E-state index in [1.54, 1.807) is 17.4 Å². The summed E-state index contributed by atoms with van der Waals surface area (Å²) in [4.78, 5) is 17.5. The van der Waals surface area contributed by atoms with Crippen molar-refractivity contribution in [1.29, 1.82) is 5.26 Å². The predicted molar refractivity (Wildman–Crippen MR) is 166 cm³/mol. The third-order valence-corrected chi connectivity index (χ3v) is 8.91. The topological polar surface area (TPSA) is 64.3 Å². The van der Waals surface area contributed by atoms with Crippen molar-refractivity contribution in [2.45, 2.75) is 0 Å². The largest absolute Gasteiger partial charge is 0.477 e. The van der Waals surface area contributed by atoms with Gasteiger partial charge in [0.05, 0.1) is 5.69 Å². The fourth-order valence-corrected chi connectivity index (χ4v) is 6.71. The number of fused-ring (bicyclic) bond motifs is 1. The average molecular weight is 555 g/mol. The Bertz CT molecular complexity index is 1890.